The predicted octanol–water partition coefficient (Wildman–Crippen LogP) is 4.43. The molecule has 5 heteroatoms. The lowest BCUT2D eigenvalue weighted by Crippen LogP contribution is -2.22. The summed E-state index contributed by atoms with van der Waals surface area (Å²) in [6.07, 6.45) is 0. The third-order valence-corrected chi connectivity index (χ3v) is 4.39. The largest absolute Gasteiger partial charge is 0.497 e. The van der Waals surface area contributed by atoms with Gasteiger partial charge in [-0.1, -0.05) is 47.6 Å². The highest BCUT2D eigenvalue weighted by atomic mass is 16.5. The van der Waals surface area contributed by atoms with Crippen molar-refractivity contribution in [2.75, 3.05) is 7.11 Å². The van der Waals surface area contributed by atoms with Gasteiger partial charge in [-0.25, -0.2) is 0 Å². The van der Waals surface area contributed by atoms with Crippen LogP contribution in [0.25, 0.3) is 22.2 Å². The van der Waals surface area contributed by atoms with Crippen LogP contribution in [0.2, 0.25) is 0 Å². The average Bonchev–Trinajstić information content (AvgIpc) is 3.16. The van der Waals surface area contributed by atoms with Crippen LogP contribution >= 0.6 is 0 Å². The SMILES string of the molecule is COc1ccc(CNC(=O)c2ccc3noc(-c4ccccc4)c3c2)cc1. The summed E-state index contributed by atoms with van der Waals surface area (Å²) in [6.45, 7) is 0.441. The molecule has 0 fully saturated rings. The van der Waals surface area contributed by atoms with Crippen LogP contribution in [-0.4, -0.2) is 18.2 Å². The fraction of sp³-hybridized carbons (Fsp3) is 0.0909. The normalized spacial score (nSPS) is 10.7. The van der Waals surface area contributed by atoms with Crippen molar-refractivity contribution in [1.82, 2.24) is 10.5 Å². The predicted molar refractivity (Wildman–Crippen MR) is 104 cm³/mol. The van der Waals surface area contributed by atoms with Gasteiger partial charge in [-0.15, -0.1) is 0 Å². The van der Waals surface area contributed by atoms with Crippen molar-refractivity contribution in [3.63, 3.8) is 0 Å². The number of ether oxygens (including phenoxy) is 1. The number of carbonyl (C=O) groups is 1. The van der Waals surface area contributed by atoms with Crippen LogP contribution in [0.3, 0.4) is 0 Å². The summed E-state index contributed by atoms with van der Waals surface area (Å²) in [5, 5.41) is 7.84. The molecular weight excluding hydrogens is 340 g/mol. The van der Waals surface area contributed by atoms with Gasteiger partial charge in [0.2, 0.25) is 0 Å². The van der Waals surface area contributed by atoms with Crippen LogP contribution in [0, 0.1) is 0 Å². The Hall–Kier alpha value is -3.60. The third-order valence-electron chi connectivity index (χ3n) is 4.39. The van der Waals surface area contributed by atoms with E-state index in [0.717, 1.165) is 27.8 Å². The Morgan fingerprint density at radius 2 is 1.81 bits per heavy atom. The van der Waals surface area contributed by atoms with Crippen molar-refractivity contribution in [3.05, 3.63) is 83.9 Å². The molecule has 0 radical (unpaired) electrons. The molecule has 0 saturated heterocycles. The van der Waals surface area contributed by atoms with E-state index in [1.54, 1.807) is 19.2 Å². The van der Waals surface area contributed by atoms with Crippen LogP contribution in [-0.2, 0) is 6.54 Å². The van der Waals surface area contributed by atoms with Crippen molar-refractivity contribution in [1.29, 1.82) is 0 Å². The number of nitrogens with one attached hydrogen (secondary N) is 1. The summed E-state index contributed by atoms with van der Waals surface area (Å²) in [5.41, 5.74) is 3.22. The van der Waals surface area contributed by atoms with Crippen LogP contribution in [0.4, 0.5) is 0 Å². The Labute approximate surface area is 156 Å². The standard InChI is InChI=1S/C22H18N2O3/c1-26-18-10-7-15(8-11-18)14-23-22(25)17-9-12-20-19(13-17)21(27-24-20)16-5-3-2-4-6-16/h2-13H,14H2,1H3,(H,23,25). The molecule has 0 saturated carbocycles. The van der Waals surface area contributed by atoms with Crippen molar-refractivity contribution >= 4 is 16.8 Å². The maximum atomic E-state index is 12.6. The summed E-state index contributed by atoms with van der Waals surface area (Å²) >= 11 is 0. The van der Waals surface area contributed by atoms with Crippen molar-refractivity contribution in [3.8, 4) is 17.1 Å². The molecule has 0 spiro atoms. The molecule has 0 aliphatic carbocycles. The molecule has 0 unspecified atom stereocenters. The van der Waals surface area contributed by atoms with Crippen molar-refractivity contribution in [2.45, 2.75) is 6.54 Å². The quantitative estimate of drug-likeness (QED) is 0.573. The fourth-order valence-corrected chi connectivity index (χ4v) is 2.91. The van der Waals surface area contributed by atoms with Crippen molar-refractivity contribution < 1.29 is 14.1 Å². The fourth-order valence-electron chi connectivity index (χ4n) is 2.91. The molecule has 5 nitrogen and oxygen atoms in total. The highest BCUT2D eigenvalue weighted by Gasteiger charge is 2.13. The van der Waals surface area contributed by atoms with Gasteiger partial charge in [0.15, 0.2) is 5.76 Å². The first-order valence-electron chi connectivity index (χ1n) is 8.60. The zero-order valence-electron chi connectivity index (χ0n) is 14.8. The van der Waals surface area contributed by atoms with Gasteiger partial charge < -0.3 is 14.6 Å². The molecule has 0 bridgehead atoms. The first-order chi connectivity index (χ1) is 13.2. The minimum absolute atomic E-state index is 0.145. The molecule has 1 N–H and O–H groups in total. The molecule has 4 rings (SSSR count). The minimum Gasteiger partial charge on any atom is -0.497 e. The number of amides is 1. The summed E-state index contributed by atoms with van der Waals surface area (Å²) in [6, 6.07) is 22.7. The molecule has 134 valence electrons. The second-order valence-electron chi connectivity index (χ2n) is 6.14. The lowest BCUT2D eigenvalue weighted by Gasteiger charge is -2.07. The number of fused-ring (bicyclic) bond motifs is 1. The molecule has 0 aliphatic heterocycles. The third kappa shape index (κ3) is 3.53. The van der Waals surface area contributed by atoms with Gasteiger partial charge in [-0.2, -0.15) is 0 Å². The maximum Gasteiger partial charge on any atom is 0.251 e. The van der Waals surface area contributed by atoms with Gasteiger partial charge in [0.25, 0.3) is 5.91 Å². The van der Waals surface area contributed by atoms with E-state index in [-0.39, 0.29) is 5.91 Å². The second kappa shape index (κ2) is 7.33. The monoisotopic (exact) mass is 358 g/mol. The molecule has 1 amide bonds. The van der Waals surface area contributed by atoms with Gasteiger partial charge in [0, 0.05) is 17.7 Å². The van der Waals surface area contributed by atoms with Crippen LogP contribution in [0.15, 0.2) is 77.3 Å². The molecule has 3 aromatic carbocycles. The molecule has 0 aliphatic rings. The number of methoxy groups -OCH3 is 1. The number of rotatable bonds is 5. The molecule has 1 aromatic heterocycles. The van der Waals surface area contributed by atoms with E-state index < -0.39 is 0 Å². The van der Waals surface area contributed by atoms with E-state index in [0.29, 0.717) is 17.9 Å². The number of nitrogens with zero attached hydrogens (tertiary/aromatic N) is 1. The maximum absolute atomic E-state index is 12.6. The number of benzene rings is 3. The highest BCUT2D eigenvalue weighted by Crippen LogP contribution is 2.29. The van der Waals surface area contributed by atoms with Gasteiger partial charge >= 0.3 is 0 Å². The Morgan fingerprint density at radius 3 is 2.56 bits per heavy atom. The average molecular weight is 358 g/mol. The smallest absolute Gasteiger partial charge is 0.251 e. The summed E-state index contributed by atoms with van der Waals surface area (Å²) in [4.78, 5) is 12.6. The second-order valence-corrected chi connectivity index (χ2v) is 6.14. The molecule has 4 aromatic rings. The number of hydrogen-bond donors (Lipinski definition) is 1. The van der Waals surface area contributed by atoms with Crippen molar-refractivity contribution in [2.24, 2.45) is 0 Å². The topological polar surface area (TPSA) is 64.4 Å². The van der Waals surface area contributed by atoms with Crippen LogP contribution in [0.1, 0.15) is 15.9 Å². The van der Waals surface area contributed by atoms with Gasteiger partial charge in [0.1, 0.15) is 11.3 Å². The van der Waals surface area contributed by atoms with E-state index in [2.05, 4.69) is 10.5 Å². The van der Waals surface area contributed by atoms with E-state index in [1.807, 2.05) is 60.7 Å². The van der Waals surface area contributed by atoms with Gasteiger partial charge in [0.05, 0.1) is 12.5 Å². The Kier molecular flexibility index (Phi) is 4.58. The number of hydrogen-bond acceptors (Lipinski definition) is 4. The first-order valence-corrected chi connectivity index (χ1v) is 8.60. The Balaban J connectivity index is 1.55. The van der Waals surface area contributed by atoms with Gasteiger partial charge in [-0.05, 0) is 35.9 Å². The Morgan fingerprint density at radius 1 is 1.04 bits per heavy atom. The van der Waals surface area contributed by atoms with E-state index >= 15 is 0 Å². The molecule has 27 heavy (non-hydrogen) atoms. The minimum atomic E-state index is -0.145. The highest BCUT2D eigenvalue weighted by molar-refractivity contribution is 6.00. The lowest BCUT2D eigenvalue weighted by atomic mass is 10.1. The van der Waals surface area contributed by atoms with Crippen LogP contribution < -0.4 is 10.1 Å². The number of carbonyl (C=O) groups excluding carboxylic acids is 1. The summed E-state index contributed by atoms with van der Waals surface area (Å²) in [7, 11) is 1.63. The Bertz CT molecular complexity index is 1070. The zero-order chi connectivity index (χ0) is 18.6. The van der Waals surface area contributed by atoms with E-state index in [9.17, 15) is 4.79 Å². The lowest BCUT2D eigenvalue weighted by molar-refractivity contribution is 0.0951. The van der Waals surface area contributed by atoms with E-state index in [1.165, 1.54) is 0 Å². The molecule has 0 atom stereocenters. The molecular formula is C22H18N2O3. The summed E-state index contributed by atoms with van der Waals surface area (Å²) in [5.74, 6) is 1.31. The zero-order valence-corrected chi connectivity index (χ0v) is 14.8. The first kappa shape index (κ1) is 16.8. The van der Waals surface area contributed by atoms with Crippen LogP contribution in [0.5, 0.6) is 5.75 Å². The number of aromatic nitrogens is 1. The molecule has 1 heterocycles. The van der Waals surface area contributed by atoms with E-state index in [4.69, 9.17) is 9.26 Å². The van der Waals surface area contributed by atoms with Gasteiger partial charge in [-0.3, -0.25) is 4.79 Å². The summed E-state index contributed by atoms with van der Waals surface area (Å²) < 4.78 is 10.6.